The predicted octanol–water partition coefficient (Wildman–Crippen LogP) is 2.66. The van der Waals surface area contributed by atoms with Crippen LogP contribution < -0.4 is 5.73 Å². The smallest absolute Gasteiger partial charge is 0.103 e. The van der Waals surface area contributed by atoms with Gasteiger partial charge in [-0.2, -0.15) is 5.26 Å². The Bertz CT molecular complexity index is 505. The number of rotatable bonds is 0. The van der Waals surface area contributed by atoms with Gasteiger partial charge in [0, 0.05) is 4.88 Å². The number of nitrogens with zero attached hydrogens (tertiary/aromatic N) is 1. The van der Waals surface area contributed by atoms with Gasteiger partial charge in [0.15, 0.2) is 0 Å². The van der Waals surface area contributed by atoms with E-state index >= 15 is 0 Å². The molecule has 0 aliphatic heterocycles. The van der Waals surface area contributed by atoms with Crippen LogP contribution in [0.1, 0.15) is 10.4 Å². The number of nitriles is 1. The minimum absolute atomic E-state index is 0.567. The first-order valence-corrected chi connectivity index (χ1v) is 4.73. The number of hydrogen-bond donors (Lipinski definition) is 1. The average Bonchev–Trinajstić information content (AvgIpc) is 2.45. The topological polar surface area (TPSA) is 49.8 Å². The number of benzene rings is 1. The van der Waals surface area contributed by atoms with Crippen molar-refractivity contribution in [3.63, 3.8) is 0 Å². The normalized spacial score (nSPS) is 10.2. The first-order chi connectivity index (χ1) is 6.22. The van der Waals surface area contributed by atoms with Crippen molar-refractivity contribution >= 4 is 27.1 Å². The lowest BCUT2D eigenvalue weighted by atomic mass is 10.1. The maximum absolute atomic E-state index is 8.90. The van der Waals surface area contributed by atoms with Crippen molar-refractivity contribution in [2.45, 2.75) is 6.92 Å². The van der Waals surface area contributed by atoms with Crippen LogP contribution in [0.2, 0.25) is 0 Å². The SMILES string of the molecule is Cc1cc2ccc(N)c(C#N)c2s1. The molecular weight excluding hydrogens is 180 g/mol. The molecule has 2 N–H and O–H groups in total. The second kappa shape index (κ2) is 2.75. The van der Waals surface area contributed by atoms with Crippen molar-refractivity contribution < 1.29 is 0 Å². The highest BCUT2D eigenvalue weighted by Gasteiger charge is 2.06. The van der Waals surface area contributed by atoms with Gasteiger partial charge in [0.2, 0.25) is 0 Å². The Hall–Kier alpha value is -1.53. The molecule has 0 saturated heterocycles. The fourth-order valence-corrected chi connectivity index (χ4v) is 2.38. The molecule has 0 amide bonds. The first-order valence-electron chi connectivity index (χ1n) is 3.91. The van der Waals surface area contributed by atoms with Gasteiger partial charge in [0.25, 0.3) is 0 Å². The van der Waals surface area contributed by atoms with Crippen LogP contribution in [0, 0.1) is 18.3 Å². The third kappa shape index (κ3) is 1.16. The summed E-state index contributed by atoms with van der Waals surface area (Å²) in [7, 11) is 0. The molecule has 2 aromatic rings. The molecule has 1 aromatic heterocycles. The average molecular weight is 188 g/mol. The van der Waals surface area contributed by atoms with Crippen molar-refractivity contribution in [1.82, 2.24) is 0 Å². The number of nitrogen functional groups attached to an aromatic ring is 1. The van der Waals surface area contributed by atoms with E-state index in [0.29, 0.717) is 11.3 Å². The van der Waals surface area contributed by atoms with Gasteiger partial charge in [-0.3, -0.25) is 0 Å². The maximum atomic E-state index is 8.90. The lowest BCUT2D eigenvalue weighted by Gasteiger charge is -1.96. The highest BCUT2D eigenvalue weighted by atomic mass is 32.1. The largest absolute Gasteiger partial charge is 0.398 e. The summed E-state index contributed by atoms with van der Waals surface area (Å²) in [6.07, 6.45) is 0. The van der Waals surface area contributed by atoms with Gasteiger partial charge in [-0.05, 0) is 24.4 Å². The maximum Gasteiger partial charge on any atom is 0.103 e. The third-order valence-corrected chi connectivity index (χ3v) is 3.04. The van der Waals surface area contributed by atoms with Gasteiger partial charge < -0.3 is 5.73 Å². The highest BCUT2D eigenvalue weighted by Crippen LogP contribution is 2.30. The van der Waals surface area contributed by atoms with Crippen LogP contribution in [0.3, 0.4) is 0 Å². The van der Waals surface area contributed by atoms with Crippen molar-refractivity contribution in [3.8, 4) is 6.07 Å². The fourth-order valence-electron chi connectivity index (χ4n) is 1.36. The zero-order valence-corrected chi connectivity index (χ0v) is 7.98. The molecule has 2 nitrogen and oxygen atoms in total. The Balaban J connectivity index is 2.93. The van der Waals surface area contributed by atoms with E-state index < -0.39 is 0 Å². The summed E-state index contributed by atoms with van der Waals surface area (Å²) in [6, 6.07) is 7.94. The summed E-state index contributed by atoms with van der Waals surface area (Å²) in [5.41, 5.74) is 6.86. The van der Waals surface area contributed by atoms with Crippen LogP contribution >= 0.6 is 11.3 Å². The first kappa shape index (κ1) is 8.09. The monoisotopic (exact) mass is 188 g/mol. The van der Waals surface area contributed by atoms with Crippen molar-refractivity contribution in [2.75, 3.05) is 5.73 Å². The molecule has 64 valence electrons. The molecule has 0 aliphatic carbocycles. The summed E-state index contributed by atoms with van der Waals surface area (Å²) in [4.78, 5) is 1.21. The van der Waals surface area contributed by atoms with E-state index in [0.717, 1.165) is 10.1 Å². The quantitative estimate of drug-likeness (QED) is 0.646. The fraction of sp³-hybridized carbons (Fsp3) is 0.100. The number of aryl methyl sites for hydroxylation is 1. The van der Waals surface area contributed by atoms with Crippen molar-refractivity contribution in [2.24, 2.45) is 0 Å². The molecule has 1 aromatic carbocycles. The van der Waals surface area contributed by atoms with E-state index in [-0.39, 0.29) is 0 Å². The van der Waals surface area contributed by atoms with Crippen LogP contribution in [0.5, 0.6) is 0 Å². The van der Waals surface area contributed by atoms with Crippen LogP contribution in [0.15, 0.2) is 18.2 Å². The number of anilines is 1. The summed E-state index contributed by atoms with van der Waals surface area (Å²) >= 11 is 1.61. The minimum Gasteiger partial charge on any atom is -0.398 e. The molecule has 2 rings (SSSR count). The van der Waals surface area contributed by atoms with Gasteiger partial charge in [-0.1, -0.05) is 6.07 Å². The lowest BCUT2D eigenvalue weighted by Crippen LogP contribution is -1.88. The molecule has 0 unspecified atom stereocenters. The van der Waals surface area contributed by atoms with Crippen LogP contribution in [0.4, 0.5) is 5.69 Å². The molecule has 0 saturated carbocycles. The Labute approximate surface area is 80.2 Å². The van der Waals surface area contributed by atoms with E-state index in [1.54, 1.807) is 17.4 Å². The Morgan fingerprint density at radius 3 is 2.92 bits per heavy atom. The standard InChI is InChI=1S/C10H8N2S/c1-6-4-7-2-3-9(12)8(5-11)10(7)13-6/h2-4H,12H2,1H3. The molecule has 0 aliphatic rings. The Morgan fingerprint density at radius 2 is 2.23 bits per heavy atom. The Kier molecular flexibility index (Phi) is 1.71. The second-order valence-corrected chi connectivity index (χ2v) is 4.17. The van der Waals surface area contributed by atoms with E-state index in [2.05, 4.69) is 12.1 Å². The molecule has 0 radical (unpaired) electrons. The van der Waals surface area contributed by atoms with E-state index in [4.69, 9.17) is 11.0 Å². The van der Waals surface area contributed by atoms with E-state index in [9.17, 15) is 0 Å². The van der Waals surface area contributed by atoms with E-state index in [1.807, 2.05) is 13.0 Å². The summed E-state index contributed by atoms with van der Waals surface area (Å²) in [5.74, 6) is 0. The molecule has 0 fully saturated rings. The molecule has 0 atom stereocenters. The van der Waals surface area contributed by atoms with Crippen LogP contribution in [0.25, 0.3) is 10.1 Å². The predicted molar refractivity (Wildman–Crippen MR) is 55.7 cm³/mol. The van der Waals surface area contributed by atoms with Gasteiger partial charge >= 0.3 is 0 Å². The zero-order valence-electron chi connectivity index (χ0n) is 7.16. The van der Waals surface area contributed by atoms with Crippen LogP contribution in [-0.2, 0) is 0 Å². The van der Waals surface area contributed by atoms with E-state index in [1.165, 1.54) is 4.88 Å². The number of hydrogen-bond acceptors (Lipinski definition) is 3. The third-order valence-electron chi connectivity index (χ3n) is 1.95. The second-order valence-electron chi connectivity index (χ2n) is 2.92. The molecule has 13 heavy (non-hydrogen) atoms. The number of fused-ring (bicyclic) bond motifs is 1. The molecular formula is C10H8N2S. The van der Waals surface area contributed by atoms with Gasteiger partial charge in [0.1, 0.15) is 6.07 Å². The van der Waals surface area contributed by atoms with Gasteiger partial charge in [0.05, 0.1) is 16.0 Å². The minimum atomic E-state index is 0.567. The Morgan fingerprint density at radius 1 is 1.46 bits per heavy atom. The molecule has 0 bridgehead atoms. The number of nitrogens with two attached hydrogens (primary N) is 1. The van der Waals surface area contributed by atoms with Gasteiger partial charge in [-0.15, -0.1) is 11.3 Å². The molecule has 1 heterocycles. The lowest BCUT2D eigenvalue weighted by molar-refractivity contribution is 1.51. The van der Waals surface area contributed by atoms with Crippen molar-refractivity contribution in [1.29, 1.82) is 5.26 Å². The summed E-state index contributed by atoms with van der Waals surface area (Å²) in [6.45, 7) is 2.03. The summed E-state index contributed by atoms with van der Waals surface area (Å²) < 4.78 is 1.00. The zero-order chi connectivity index (χ0) is 9.42. The van der Waals surface area contributed by atoms with Crippen LogP contribution in [-0.4, -0.2) is 0 Å². The van der Waals surface area contributed by atoms with Gasteiger partial charge in [-0.25, -0.2) is 0 Å². The molecule has 3 heteroatoms. The molecule has 0 spiro atoms. The summed E-state index contributed by atoms with van der Waals surface area (Å²) in [5, 5.41) is 10.0. The highest BCUT2D eigenvalue weighted by molar-refractivity contribution is 7.19. The van der Waals surface area contributed by atoms with Crippen molar-refractivity contribution in [3.05, 3.63) is 28.6 Å². The number of thiophene rings is 1.